The van der Waals surface area contributed by atoms with Crippen LogP contribution in [0.1, 0.15) is 213 Å². The number of unbranched alkanes of at least 4 members (excludes halogenated alkanes) is 24. The van der Waals surface area contributed by atoms with Crippen molar-refractivity contribution in [2.45, 2.75) is 219 Å². The van der Waals surface area contributed by atoms with Gasteiger partial charge in [0, 0.05) is 19.6 Å². The minimum Gasteiger partial charge on any atom is -0.457 e. The van der Waals surface area contributed by atoms with E-state index in [1.54, 1.807) is 0 Å². The van der Waals surface area contributed by atoms with Gasteiger partial charge in [-0.2, -0.15) is 0 Å². The van der Waals surface area contributed by atoms with Crippen LogP contribution in [0.3, 0.4) is 0 Å². The van der Waals surface area contributed by atoms with Crippen LogP contribution in [-0.4, -0.2) is 49.9 Å². The van der Waals surface area contributed by atoms with E-state index in [0.717, 1.165) is 51.4 Å². The molecule has 0 aliphatic rings. The number of hydrogen-bond acceptors (Lipinski definition) is 7. The Bertz CT molecular complexity index is 1010. The third-order valence-electron chi connectivity index (χ3n) is 9.97. The van der Waals surface area contributed by atoms with Crippen LogP contribution in [0.25, 0.3) is 0 Å². The highest BCUT2D eigenvalue weighted by Gasteiger charge is 2.25. The fourth-order valence-electron chi connectivity index (χ4n) is 6.47. The molecule has 2 unspecified atom stereocenters. The lowest BCUT2D eigenvalue weighted by atomic mass is 10.1. The fourth-order valence-corrected chi connectivity index (χ4v) is 7.23. The summed E-state index contributed by atoms with van der Waals surface area (Å²) >= 11 is 0. The zero-order valence-electron chi connectivity index (χ0n) is 37.1. The Hall–Kier alpha value is -1.54. The highest BCUT2D eigenvalue weighted by atomic mass is 31.2. The summed E-state index contributed by atoms with van der Waals surface area (Å²) in [6, 6.07) is 0. The van der Waals surface area contributed by atoms with Crippen molar-refractivity contribution in [1.29, 1.82) is 0 Å². The molecule has 0 rings (SSSR count). The van der Waals surface area contributed by atoms with Crippen molar-refractivity contribution in [3.63, 3.8) is 0 Å². The molecule has 57 heavy (non-hydrogen) atoms. The number of hydrogen-bond donors (Lipinski definition) is 2. The predicted octanol–water partition coefficient (Wildman–Crippen LogP) is 14.4. The summed E-state index contributed by atoms with van der Waals surface area (Å²) in [4.78, 5) is 22.5. The van der Waals surface area contributed by atoms with Crippen molar-refractivity contribution in [2.24, 2.45) is 5.73 Å². The van der Waals surface area contributed by atoms with Crippen molar-refractivity contribution in [3.8, 4) is 0 Å². The number of ether oxygens (including phenoxy) is 2. The molecule has 0 aromatic carbocycles. The Morgan fingerprint density at radius 1 is 0.526 bits per heavy atom. The Labute approximate surface area is 351 Å². The van der Waals surface area contributed by atoms with Gasteiger partial charge in [-0.3, -0.25) is 13.8 Å². The highest BCUT2D eigenvalue weighted by Crippen LogP contribution is 2.43. The van der Waals surface area contributed by atoms with Crippen LogP contribution in [0.15, 0.2) is 48.6 Å². The molecule has 0 aliphatic heterocycles. The molecule has 0 saturated heterocycles. The number of carbonyl (C=O) groups excluding carboxylic acids is 1. The van der Waals surface area contributed by atoms with E-state index < -0.39 is 13.9 Å². The number of phosphoric ester groups is 1. The molecule has 334 valence electrons. The van der Waals surface area contributed by atoms with Crippen LogP contribution in [0.4, 0.5) is 0 Å². The van der Waals surface area contributed by atoms with Gasteiger partial charge in [-0.05, 0) is 77.0 Å². The van der Waals surface area contributed by atoms with Crippen LogP contribution in [0.5, 0.6) is 0 Å². The molecule has 0 aromatic rings. The summed E-state index contributed by atoms with van der Waals surface area (Å²) in [5.74, 6) is -0.338. The third-order valence-corrected chi connectivity index (χ3v) is 11.0. The van der Waals surface area contributed by atoms with E-state index in [4.69, 9.17) is 24.3 Å². The molecule has 0 aromatic heterocycles. The second kappa shape index (κ2) is 45.5. The number of rotatable bonds is 45. The van der Waals surface area contributed by atoms with Crippen LogP contribution in [0.2, 0.25) is 0 Å². The van der Waals surface area contributed by atoms with Gasteiger partial charge in [-0.1, -0.05) is 178 Å². The van der Waals surface area contributed by atoms with Crippen molar-refractivity contribution < 1.29 is 32.8 Å². The first-order valence-electron chi connectivity index (χ1n) is 23.6. The predicted molar refractivity (Wildman–Crippen MR) is 243 cm³/mol. The lowest BCUT2D eigenvalue weighted by Gasteiger charge is -2.20. The Morgan fingerprint density at radius 2 is 0.930 bits per heavy atom. The van der Waals surface area contributed by atoms with Crippen LogP contribution >= 0.6 is 7.82 Å². The molecular weight excluding hydrogens is 734 g/mol. The molecule has 0 amide bonds. The molecule has 0 radical (unpaired) electrons. The van der Waals surface area contributed by atoms with Crippen LogP contribution < -0.4 is 5.73 Å². The van der Waals surface area contributed by atoms with Crippen LogP contribution in [-0.2, 0) is 27.9 Å². The van der Waals surface area contributed by atoms with E-state index >= 15 is 0 Å². The van der Waals surface area contributed by atoms with E-state index in [2.05, 4.69) is 62.5 Å². The SMILES string of the molecule is CCCCC/C=C\C/C=C\C/C=C\CCCCCCCCCOCC(COP(=O)(O)OCCN)OC(=O)CCCCCCCCC/C=C\CCCCCCCCC. The number of esters is 1. The topological polar surface area (TPSA) is 117 Å². The maximum absolute atomic E-state index is 12.6. The molecule has 8 nitrogen and oxygen atoms in total. The Balaban J connectivity index is 4.02. The molecule has 0 saturated carbocycles. The molecule has 9 heteroatoms. The van der Waals surface area contributed by atoms with E-state index in [0.29, 0.717) is 13.0 Å². The molecule has 0 spiro atoms. The minimum atomic E-state index is -4.28. The average molecular weight is 824 g/mol. The van der Waals surface area contributed by atoms with Crippen molar-refractivity contribution in [3.05, 3.63) is 48.6 Å². The normalized spacial score (nSPS) is 13.8. The lowest BCUT2D eigenvalue weighted by molar-refractivity contribution is -0.154. The van der Waals surface area contributed by atoms with E-state index in [9.17, 15) is 14.3 Å². The zero-order chi connectivity index (χ0) is 41.6. The fraction of sp³-hybridized carbons (Fsp3) is 0.812. The molecular formula is C48H90NO7P. The number of allylic oxidation sites excluding steroid dienone is 8. The Morgan fingerprint density at radius 3 is 1.44 bits per heavy atom. The standard InChI is InChI=1S/C48H90NO7P/c1-3-5-7-9-11-13-15-17-19-21-23-24-26-28-30-32-34-36-38-40-43-53-45-47(46-55-57(51,52)54-44-42-49)56-48(50)41-39-37-35-33-31-29-27-25-22-20-18-16-14-12-10-8-6-4-2/h11,13,17,19-20,22-24,47H,3-10,12,14-16,18,21,25-46,49H2,1-2H3,(H,51,52)/b13-11-,19-17-,22-20-,24-23-. The first kappa shape index (κ1) is 55.5. The van der Waals surface area contributed by atoms with Gasteiger partial charge in [0.05, 0.1) is 19.8 Å². The zero-order valence-corrected chi connectivity index (χ0v) is 38.0. The molecule has 0 aliphatic carbocycles. The third kappa shape index (κ3) is 45.4. The first-order chi connectivity index (χ1) is 27.9. The maximum Gasteiger partial charge on any atom is 0.472 e. The molecule has 0 heterocycles. The summed E-state index contributed by atoms with van der Waals surface area (Å²) in [6.45, 7) is 4.88. The maximum atomic E-state index is 12.6. The van der Waals surface area contributed by atoms with E-state index in [-0.39, 0.29) is 32.3 Å². The molecule has 0 fully saturated rings. The smallest absolute Gasteiger partial charge is 0.457 e. The summed E-state index contributed by atoms with van der Waals surface area (Å²) < 4.78 is 33.5. The first-order valence-corrected chi connectivity index (χ1v) is 25.1. The molecule has 2 atom stereocenters. The average Bonchev–Trinajstić information content (AvgIpc) is 3.20. The van der Waals surface area contributed by atoms with Gasteiger partial charge in [0.2, 0.25) is 0 Å². The van der Waals surface area contributed by atoms with Gasteiger partial charge in [0.1, 0.15) is 6.10 Å². The number of carbonyl (C=O) groups is 1. The second-order valence-corrected chi connectivity index (χ2v) is 17.1. The van der Waals surface area contributed by atoms with E-state index in [1.165, 1.54) is 141 Å². The largest absolute Gasteiger partial charge is 0.472 e. The van der Waals surface area contributed by atoms with Gasteiger partial charge in [-0.15, -0.1) is 0 Å². The van der Waals surface area contributed by atoms with E-state index in [1.807, 2.05) is 0 Å². The molecule has 0 bridgehead atoms. The van der Waals surface area contributed by atoms with Gasteiger partial charge in [0.25, 0.3) is 0 Å². The van der Waals surface area contributed by atoms with Crippen molar-refractivity contribution >= 4 is 13.8 Å². The summed E-state index contributed by atoms with van der Waals surface area (Å²) in [7, 11) is -4.28. The van der Waals surface area contributed by atoms with Gasteiger partial charge in [0.15, 0.2) is 0 Å². The minimum absolute atomic E-state index is 0.0967. The van der Waals surface area contributed by atoms with Gasteiger partial charge < -0.3 is 20.1 Å². The monoisotopic (exact) mass is 824 g/mol. The molecule has 3 N–H and O–H groups in total. The second-order valence-electron chi connectivity index (χ2n) is 15.6. The number of nitrogens with two attached hydrogens (primary N) is 1. The summed E-state index contributed by atoms with van der Waals surface area (Å²) in [6.07, 6.45) is 54.1. The number of phosphoric acid groups is 1. The summed E-state index contributed by atoms with van der Waals surface area (Å²) in [5, 5.41) is 0. The van der Waals surface area contributed by atoms with Crippen molar-refractivity contribution in [2.75, 3.05) is 33.0 Å². The van der Waals surface area contributed by atoms with Gasteiger partial charge in [-0.25, -0.2) is 4.57 Å². The Kier molecular flexibility index (Phi) is 44.3. The van der Waals surface area contributed by atoms with Gasteiger partial charge >= 0.3 is 13.8 Å². The highest BCUT2D eigenvalue weighted by molar-refractivity contribution is 7.47. The lowest BCUT2D eigenvalue weighted by Crippen LogP contribution is -2.28. The van der Waals surface area contributed by atoms with Crippen molar-refractivity contribution in [1.82, 2.24) is 0 Å². The summed E-state index contributed by atoms with van der Waals surface area (Å²) in [5.41, 5.74) is 5.38. The quantitative estimate of drug-likeness (QED) is 0.0270. The van der Waals surface area contributed by atoms with Crippen LogP contribution in [0, 0.1) is 0 Å².